The van der Waals surface area contributed by atoms with E-state index in [0.29, 0.717) is 34.1 Å². The minimum atomic E-state index is -0.348. The third-order valence-electron chi connectivity index (χ3n) is 4.71. The molecule has 0 aliphatic heterocycles. The van der Waals surface area contributed by atoms with Crippen molar-refractivity contribution in [1.82, 2.24) is 4.98 Å². The number of quaternary nitrogens is 1. The van der Waals surface area contributed by atoms with Crippen molar-refractivity contribution in [3.05, 3.63) is 53.6 Å². The van der Waals surface area contributed by atoms with Crippen molar-refractivity contribution >= 4 is 44.2 Å². The number of anilines is 2. The van der Waals surface area contributed by atoms with Crippen molar-refractivity contribution in [2.45, 2.75) is 13.8 Å². The van der Waals surface area contributed by atoms with Crippen LogP contribution < -0.4 is 16.0 Å². The van der Waals surface area contributed by atoms with E-state index < -0.39 is 0 Å². The number of nitrogens with two attached hydrogens (primary N) is 1. The first-order valence-electron chi connectivity index (χ1n) is 9.58. The fourth-order valence-electron chi connectivity index (χ4n) is 2.88. The Morgan fingerprint density at radius 2 is 1.79 bits per heavy atom. The molecular formula is C21H25N4O3S+. The molecule has 0 aliphatic rings. The molecule has 1 amide bonds. The van der Waals surface area contributed by atoms with Gasteiger partial charge in [-0.2, -0.15) is 0 Å². The fourth-order valence-corrected chi connectivity index (χ4v) is 3.78. The lowest BCUT2D eigenvalue weighted by atomic mass is 10.2. The molecule has 0 aliphatic carbocycles. The average Bonchev–Trinajstić information content (AvgIpc) is 3.12. The minimum absolute atomic E-state index is 0.261. The zero-order valence-electron chi connectivity index (χ0n) is 16.5. The topological polar surface area (TPSA) is 98.8 Å². The SMILES string of the molecule is CC[NH+](CC)CCOC(=O)c1ccc2nc(NC(=O)c3ccc(N)cc3)sc2c1. The van der Waals surface area contributed by atoms with Gasteiger partial charge in [-0.05, 0) is 56.3 Å². The number of esters is 1. The van der Waals surface area contributed by atoms with Crippen LogP contribution in [0.2, 0.25) is 0 Å². The van der Waals surface area contributed by atoms with E-state index in [1.165, 1.54) is 16.2 Å². The fraction of sp³-hybridized carbons (Fsp3) is 0.286. The first-order chi connectivity index (χ1) is 14.0. The molecule has 0 unspecified atom stereocenters. The van der Waals surface area contributed by atoms with Gasteiger partial charge < -0.3 is 15.4 Å². The number of rotatable bonds is 8. The van der Waals surface area contributed by atoms with Gasteiger partial charge in [-0.3, -0.25) is 10.1 Å². The van der Waals surface area contributed by atoms with E-state index in [2.05, 4.69) is 24.1 Å². The summed E-state index contributed by atoms with van der Waals surface area (Å²) in [7, 11) is 0. The molecule has 1 aromatic heterocycles. The number of fused-ring (bicyclic) bond motifs is 1. The lowest BCUT2D eigenvalue weighted by Crippen LogP contribution is -3.11. The van der Waals surface area contributed by atoms with Gasteiger partial charge in [-0.15, -0.1) is 0 Å². The van der Waals surface area contributed by atoms with Crippen molar-refractivity contribution < 1.29 is 19.2 Å². The van der Waals surface area contributed by atoms with Crippen molar-refractivity contribution in [2.24, 2.45) is 0 Å². The maximum absolute atomic E-state index is 12.3. The van der Waals surface area contributed by atoms with Crippen LogP contribution in [0.15, 0.2) is 42.5 Å². The van der Waals surface area contributed by atoms with Crippen LogP contribution in [0.25, 0.3) is 10.2 Å². The van der Waals surface area contributed by atoms with Gasteiger partial charge >= 0.3 is 5.97 Å². The zero-order chi connectivity index (χ0) is 20.8. The lowest BCUT2D eigenvalue weighted by molar-refractivity contribution is -0.896. The first kappa shape index (κ1) is 20.8. The van der Waals surface area contributed by atoms with Crippen molar-refractivity contribution in [3.63, 3.8) is 0 Å². The largest absolute Gasteiger partial charge is 0.456 e. The molecule has 7 nitrogen and oxygen atoms in total. The Balaban J connectivity index is 1.65. The van der Waals surface area contributed by atoms with Gasteiger partial charge in [0.2, 0.25) is 0 Å². The summed E-state index contributed by atoms with van der Waals surface area (Å²) in [5.74, 6) is -0.609. The molecule has 0 spiro atoms. The lowest BCUT2D eigenvalue weighted by Gasteiger charge is -2.14. The predicted molar refractivity (Wildman–Crippen MR) is 116 cm³/mol. The highest BCUT2D eigenvalue weighted by atomic mass is 32.1. The Labute approximate surface area is 173 Å². The number of hydrogen-bond donors (Lipinski definition) is 3. The van der Waals surface area contributed by atoms with Gasteiger partial charge in [0.15, 0.2) is 5.13 Å². The number of ether oxygens (including phenoxy) is 1. The number of nitrogens with one attached hydrogen (secondary N) is 2. The molecule has 0 saturated heterocycles. The molecule has 0 atom stereocenters. The number of carbonyl (C=O) groups is 2. The van der Waals surface area contributed by atoms with Crippen LogP contribution in [0, 0.1) is 0 Å². The third-order valence-corrected chi connectivity index (χ3v) is 5.64. The van der Waals surface area contributed by atoms with Crippen LogP contribution in [-0.4, -0.2) is 43.1 Å². The number of hydrogen-bond acceptors (Lipinski definition) is 6. The number of carbonyl (C=O) groups excluding carboxylic acids is 2. The molecule has 0 radical (unpaired) electrons. The minimum Gasteiger partial charge on any atom is -0.456 e. The summed E-state index contributed by atoms with van der Waals surface area (Å²) in [5.41, 5.74) is 7.94. The summed E-state index contributed by atoms with van der Waals surface area (Å²) in [6, 6.07) is 11.9. The molecular weight excluding hydrogens is 388 g/mol. The standard InChI is InChI=1S/C21H24N4O3S/c1-3-25(4-2)11-12-28-20(27)15-7-10-17-18(13-15)29-21(23-17)24-19(26)14-5-8-16(22)9-6-14/h5-10,13H,3-4,11-12,22H2,1-2H3,(H,23,24,26)/p+1. The second-order valence-corrected chi connectivity index (χ2v) is 7.65. The number of nitrogens with zero attached hydrogens (tertiary/aromatic N) is 1. The van der Waals surface area contributed by atoms with E-state index >= 15 is 0 Å². The van der Waals surface area contributed by atoms with Crippen LogP contribution >= 0.6 is 11.3 Å². The van der Waals surface area contributed by atoms with E-state index in [0.717, 1.165) is 24.3 Å². The van der Waals surface area contributed by atoms with E-state index in [-0.39, 0.29) is 11.9 Å². The first-order valence-corrected chi connectivity index (χ1v) is 10.4. The molecule has 2 aromatic carbocycles. The second kappa shape index (κ2) is 9.49. The maximum Gasteiger partial charge on any atom is 0.338 e. The van der Waals surface area contributed by atoms with Crippen LogP contribution in [0.1, 0.15) is 34.6 Å². The molecule has 3 rings (SSSR count). The smallest absolute Gasteiger partial charge is 0.338 e. The van der Waals surface area contributed by atoms with Crippen LogP contribution in [0.3, 0.4) is 0 Å². The number of amides is 1. The van der Waals surface area contributed by atoms with E-state index in [4.69, 9.17) is 10.5 Å². The molecule has 29 heavy (non-hydrogen) atoms. The Bertz CT molecular complexity index is 997. The molecule has 3 aromatic rings. The predicted octanol–water partition coefficient (Wildman–Crippen LogP) is 2.21. The molecule has 0 bridgehead atoms. The summed E-state index contributed by atoms with van der Waals surface area (Å²) >= 11 is 1.31. The number of aromatic nitrogens is 1. The van der Waals surface area contributed by atoms with Crippen molar-refractivity contribution in [1.29, 1.82) is 0 Å². The Morgan fingerprint density at radius 1 is 1.10 bits per heavy atom. The van der Waals surface area contributed by atoms with Crippen LogP contribution in [0.4, 0.5) is 10.8 Å². The Kier molecular flexibility index (Phi) is 6.79. The highest BCUT2D eigenvalue weighted by Crippen LogP contribution is 2.27. The molecule has 4 N–H and O–H groups in total. The molecule has 8 heteroatoms. The summed E-state index contributed by atoms with van der Waals surface area (Å²) in [5, 5.41) is 3.25. The van der Waals surface area contributed by atoms with Gasteiger partial charge in [0.25, 0.3) is 5.91 Å². The van der Waals surface area contributed by atoms with Gasteiger partial charge in [0.1, 0.15) is 13.2 Å². The van der Waals surface area contributed by atoms with Gasteiger partial charge in [-0.1, -0.05) is 11.3 Å². The van der Waals surface area contributed by atoms with E-state index in [9.17, 15) is 9.59 Å². The monoisotopic (exact) mass is 413 g/mol. The number of nitrogen functional groups attached to an aromatic ring is 1. The van der Waals surface area contributed by atoms with Crippen molar-refractivity contribution in [2.75, 3.05) is 37.3 Å². The number of thiazole rings is 1. The summed E-state index contributed by atoms with van der Waals surface area (Å²) in [4.78, 5) is 30.5. The van der Waals surface area contributed by atoms with E-state index in [1.54, 1.807) is 42.5 Å². The third kappa shape index (κ3) is 5.30. The van der Waals surface area contributed by atoms with Crippen LogP contribution in [0.5, 0.6) is 0 Å². The maximum atomic E-state index is 12.3. The van der Waals surface area contributed by atoms with Gasteiger partial charge in [0.05, 0.1) is 28.9 Å². The van der Waals surface area contributed by atoms with Gasteiger partial charge in [-0.25, -0.2) is 9.78 Å². The molecule has 1 heterocycles. The molecule has 152 valence electrons. The summed E-state index contributed by atoms with van der Waals surface area (Å²) in [6.45, 7) is 7.42. The summed E-state index contributed by atoms with van der Waals surface area (Å²) in [6.07, 6.45) is 0. The molecule has 0 saturated carbocycles. The summed E-state index contributed by atoms with van der Waals surface area (Å²) < 4.78 is 6.20. The number of benzene rings is 2. The van der Waals surface area contributed by atoms with Crippen molar-refractivity contribution in [3.8, 4) is 0 Å². The Hall–Kier alpha value is -2.97. The van der Waals surface area contributed by atoms with Gasteiger partial charge in [0, 0.05) is 11.3 Å². The Morgan fingerprint density at radius 3 is 2.48 bits per heavy atom. The quantitative estimate of drug-likeness (QED) is 0.388. The molecule has 0 fully saturated rings. The van der Waals surface area contributed by atoms with E-state index in [1.807, 2.05) is 0 Å². The highest BCUT2D eigenvalue weighted by molar-refractivity contribution is 7.22. The second-order valence-electron chi connectivity index (χ2n) is 6.62. The van der Waals surface area contributed by atoms with Crippen LogP contribution in [-0.2, 0) is 4.74 Å². The highest BCUT2D eigenvalue weighted by Gasteiger charge is 2.14. The number of likely N-dealkylation sites (N-methyl/N-ethyl adjacent to an activating group) is 1. The zero-order valence-corrected chi connectivity index (χ0v) is 17.3. The average molecular weight is 414 g/mol. The normalized spacial score (nSPS) is 11.0.